The third kappa shape index (κ3) is 4.23. The van der Waals surface area contributed by atoms with Gasteiger partial charge >= 0.3 is 5.97 Å². The second kappa shape index (κ2) is 7.28. The number of carbonyl (C=O) groups excluding carboxylic acids is 1. The molecule has 0 unspecified atom stereocenters. The first-order chi connectivity index (χ1) is 9.36. The van der Waals surface area contributed by atoms with Crippen LogP contribution in [-0.2, 0) is 4.79 Å². The first-order valence-corrected chi connectivity index (χ1v) is 7.02. The highest BCUT2D eigenvalue weighted by Crippen LogP contribution is 2.26. The zero-order valence-electron chi connectivity index (χ0n) is 11.7. The molecular formula is C14H18BrNO4. The van der Waals surface area contributed by atoms with Crippen LogP contribution in [0, 0.1) is 0 Å². The third-order valence-corrected chi connectivity index (χ3v) is 3.50. The SMILES string of the molecule is COc1cc(C(=O)N(CCC(=O)O)C(C)C)ccc1Br. The van der Waals surface area contributed by atoms with Crippen LogP contribution in [0.3, 0.4) is 0 Å². The number of carboxylic acid groups (broad SMARTS) is 1. The van der Waals surface area contributed by atoms with E-state index in [0.717, 1.165) is 4.47 Å². The molecule has 0 atom stereocenters. The van der Waals surface area contributed by atoms with E-state index in [9.17, 15) is 9.59 Å². The molecule has 0 aliphatic rings. The number of aliphatic carboxylic acids is 1. The standard InChI is InChI=1S/C14H18BrNO4/c1-9(2)16(7-6-13(17)18)14(19)10-4-5-11(15)12(8-10)20-3/h4-5,8-9H,6-7H2,1-3H3,(H,17,18). The van der Waals surface area contributed by atoms with Gasteiger partial charge in [0.1, 0.15) is 5.75 Å². The molecule has 1 aromatic rings. The molecule has 1 N–H and O–H groups in total. The Balaban J connectivity index is 2.97. The van der Waals surface area contributed by atoms with Gasteiger partial charge in [0, 0.05) is 18.2 Å². The van der Waals surface area contributed by atoms with Gasteiger partial charge in [-0.3, -0.25) is 9.59 Å². The Bertz CT molecular complexity index is 502. The molecule has 20 heavy (non-hydrogen) atoms. The summed E-state index contributed by atoms with van der Waals surface area (Å²) >= 11 is 3.33. The maximum atomic E-state index is 12.4. The summed E-state index contributed by atoms with van der Waals surface area (Å²) in [4.78, 5) is 24.6. The normalized spacial score (nSPS) is 10.4. The summed E-state index contributed by atoms with van der Waals surface area (Å²) in [5.74, 6) is -0.554. The predicted octanol–water partition coefficient (Wildman–Crippen LogP) is 2.78. The number of rotatable bonds is 6. The van der Waals surface area contributed by atoms with E-state index in [4.69, 9.17) is 9.84 Å². The number of hydrogen-bond donors (Lipinski definition) is 1. The zero-order valence-corrected chi connectivity index (χ0v) is 13.3. The Labute approximate surface area is 126 Å². The van der Waals surface area contributed by atoms with Crippen LogP contribution in [0.15, 0.2) is 22.7 Å². The van der Waals surface area contributed by atoms with Crippen LogP contribution in [0.4, 0.5) is 0 Å². The number of hydrogen-bond acceptors (Lipinski definition) is 3. The molecule has 0 spiro atoms. The van der Waals surface area contributed by atoms with E-state index < -0.39 is 5.97 Å². The minimum absolute atomic E-state index is 0.0718. The summed E-state index contributed by atoms with van der Waals surface area (Å²) < 4.78 is 5.92. The van der Waals surface area contributed by atoms with Crippen LogP contribution in [0.1, 0.15) is 30.6 Å². The van der Waals surface area contributed by atoms with Gasteiger partial charge in [-0.25, -0.2) is 0 Å². The minimum atomic E-state index is -0.920. The number of carbonyl (C=O) groups is 2. The Morgan fingerprint density at radius 2 is 2.05 bits per heavy atom. The van der Waals surface area contributed by atoms with Crippen LogP contribution in [0.5, 0.6) is 5.75 Å². The molecule has 6 heteroatoms. The van der Waals surface area contributed by atoms with Crippen molar-refractivity contribution in [1.82, 2.24) is 4.90 Å². The van der Waals surface area contributed by atoms with Crippen molar-refractivity contribution in [3.8, 4) is 5.75 Å². The summed E-state index contributed by atoms with van der Waals surface area (Å²) in [6.45, 7) is 3.90. The fourth-order valence-corrected chi connectivity index (χ4v) is 2.18. The molecule has 0 saturated carbocycles. The lowest BCUT2D eigenvalue weighted by atomic mass is 10.1. The lowest BCUT2D eigenvalue weighted by Crippen LogP contribution is -2.38. The molecule has 0 aromatic heterocycles. The molecule has 0 aliphatic carbocycles. The average molecular weight is 344 g/mol. The summed E-state index contributed by atoms with van der Waals surface area (Å²) in [6.07, 6.45) is -0.0718. The average Bonchev–Trinajstić information content (AvgIpc) is 2.38. The molecule has 0 aliphatic heterocycles. The van der Waals surface area contributed by atoms with Crippen LogP contribution < -0.4 is 4.74 Å². The molecule has 1 rings (SSSR count). The maximum Gasteiger partial charge on any atom is 0.305 e. The molecule has 5 nitrogen and oxygen atoms in total. The van der Waals surface area contributed by atoms with Gasteiger partial charge in [-0.2, -0.15) is 0 Å². The number of amides is 1. The van der Waals surface area contributed by atoms with Gasteiger partial charge in [-0.05, 0) is 48.0 Å². The van der Waals surface area contributed by atoms with Crippen molar-refractivity contribution in [2.75, 3.05) is 13.7 Å². The third-order valence-electron chi connectivity index (χ3n) is 2.85. The van der Waals surface area contributed by atoms with Crippen LogP contribution in [-0.4, -0.2) is 41.6 Å². The fourth-order valence-electron chi connectivity index (χ4n) is 1.77. The summed E-state index contributed by atoms with van der Waals surface area (Å²) in [5, 5.41) is 8.75. The quantitative estimate of drug-likeness (QED) is 0.862. The number of halogens is 1. The molecule has 0 radical (unpaired) electrons. The number of benzene rings is 1. The first-order valence-electron chi connectivity index (χ1n) is 6.23. The molecule has 0 saturated heterocycles. The second-order valence-electron chi connectivity index (χ2n) is 4.59. The molecule has 0 bridgehead atoms. The smallest absolute Gasteiger partial charge is 0.305 e. The lowest BCUT2D eigenvalue weighted by Gasteiger charge is -2.26. The largest absolute Gasteiger partial charge is 0.496 e. The van der Waals surface area contributed by atoms with Crippen molar-refractivity contribution >= 4 is 27.8 Å². The molecule has 0 heterocycles. The summed E-state index contributed by atoms with van der Waals surface area (Å²) in [5.41, 5.74) is 0.476. The van der Waals surface area contributed by atoms with Crippen LogP contribution in [0.25, 0.3) is 0 Å². The van der Waals surface area contributed by atoms with Gasteiger partial charge in [-0.1, -0.05) is 0 Å². The summed E-state index contributed by atoms with van der Waals surface area (Å²) in [7, 11) is 1.53. The number of nitrogens with zero attached hydrogens (tertiary/aromatic N) is 1. The predicted molar refractivity (Wildman–Crippen MR) is 79.1 cm³/mol. The van der Waals surface area contributed by atoms with Crippen LogP contribution >= 0.6 is 15.9 Å². The van der Waals surface area contributed by atoms with Crippen molar-refractivity contribution in [2.24, 2.45) is 0 Å². The van der Waals surface area contributed by atoms with Gasteiger partial charge < -0.3 is 14.7 Å². The Morgan fingerprint density at radius 1 is 1.40 bits per heavy atom. The Kier molecular flexibility index (Phi) is 6.01. The van der Waals surface area contributed by atoms with Crippen molar-refractivity contribution in [1.29, 1.82) is 0 Å². The van der Waals surface area contributed by atoms with Gasteiger partial charge in [0.25, 0.3) is 5.91 Å². The van der Waals surface area contributed by atoms with E-state index in [-0.39, 0.29) is 24.9 Å². The van der Waals surface area contributed by atoms with Gasteiger partial charge in [0.15, 0.2) is 0 Å². The molecule has 1 aromatic carbocycles. The topological polar surface area (TPSA) is 66.8 Å². The molecule has 110 valence electrons. The van der Waals surface area contributed by atoms with E-state index in [1.165, 1.54) is 12.0 Å². The minimum Gasteiger partial charge on any atom is -0.496 e. The van der Waals surface area contributed by atoms with Gasteiger partial charge in [0.2, 0.25) is 0 Å². The maximum absolute atomic E-state index is 12.4. The van der Waals surface area contributed by atoms with Crippen molar-refractivity contribution in [3.05, 3.63) is 28.2 Å². The first kappa shape index (κ1) is 16.5. The van der Waals surface area contributed by atoms with Crippen molar-refractivity contribution in [2.45, 2.75) is 26.3 Å². The highest BCUT2D eigenvalue weighted by molar-refractivity contribution is 9.10. The highest BCUT2D eigenvalue weighted by Gasteiger charge is 2.20. The zero-order chi connectivity index (χ0) is 15.3. The van der Waals surface area contributed by atoms with E-state index in [1.807, 2.05) is 13.8 Å². The number of methoxy groups -OCH3 is 1. The molecular weight excluding hydrogens is 326 g/mol. The Morgan fingerprint density at radius 3 is 2.55 bits per heavy atom. The van der Waals surface area contributed by atoms with Gasteiger partial charge in [0.05, 0.1) is 18.0 Å². The Hall–Kier alpha value is -1.56. The second-order valence-corrected chi connectivity index (χ2v) is 5.44. The monoisotopic (exact) mass is 343 g/mol. The van der Waals surface area contributed by atoms with Crippen molar-refractivity contribution < 1.29 is 19.4 Å². The van der Waals surface area contributed by atoms with E-state index in [2.05, 4.69) is 15.9 Å². The summed E-state index contributed by atoms with van der Waals surface area (Å²) in [6, 6.07) is 4.99. The fraction of sp³-hybridized carbons (Fsp3) is 0.429. The lowest BCUT2D eigenvalue weighted by molar-refractivity contribution is -0.137. The van der Waals surface area contributed by atoms with Crippen molar-refractivity contribution in [3.63, 3.8) is 0 Å². The number of carboxylic acids is 1. The molecule has 0 fully saturated rings. The van der Waals surface area contributed by atoms with E-state index >= 15 is 0 Å². The van der Waals surface area contributed by atoms with Crippen LogP contribution in [0.2, 0.25) is 0 Å². The number of ether oxygens (including phenoxy) is 1. The van der Waals surface area contributed by atoms with Gasteiger partial charge in [-0.15, -0.1) is 0 Å². The van der Waals surface area contributed by atoms with E-state index in [1.54, 1.807) is 18.2 Å². The van der Waals surface area contributed by atoms with E-state index in [0.29, 0.717) is 11.3 Å². The highest BCUT2D eigenvalue weighted by atomic mass is 79.9. The molecule has 1 amide bonds.